The molecule has 0 aliphatic rings. The Balaban J connectivity index is 2.86. The lowest BCUT2D eigenvalue weighted by Gasteiger charge is -2.23. The number of anilines is 1. The quantitative estimate of drug-likeness (QED) is 0.739. The van der Waals surface area contributed by atoms with Gasteiger partial charge in [0, 0.05) is 24.8 Å². The number of rotatable bonds is 5. The Morgan fingerprint density at radius 2 is 2.12 bits per heavy atom. The predicted octanol–water partition coefficient (Wildman–Crippen LogP) is 4.02. The van der Waals surface area contributed by atoms with Gasteiger partial charge in [-0.05, 0) is 31.0 Å². The van der Waals surface area contributed by atoms with Crippen LogP contribution in [0.1, 0.15) is 37.6 Å². The van der Waals surface area contributed by atoms with E-state index >= 15 is 0 Å². The van der Waals surface area contributed by atoms with E-state index in [9.17, 15) is 4.79 Å². The minimum Gasteiger partial charge on any atom is -0.374 e. The third-order valence-electron chi connectivity index (χ3n) is 3.06. The van der Waals surface area contributed by atoms with E-state index < -0.39 is 0 Å². The van der Waals surface area contributed by atoms with E-state index in [2.05, 4.69) is 18.7 Å². The Morgan fingerprint density at radius 3 is 2.59 bits per heavy atom. The van der Waals surface area contributed by atoms with Crippen LogP contribution < -0.4 is 4.90 Å². The van der Waals surface area contributed by atoms with E-state index in [0.717, 1.165) is 18.7 Å². The van der Waals surface area contributed by atoms with Crippen LogP contribution in [0, 0.1) is 5.92 Å². The molecular weight excluding hydrogens is 234 g/mol. The van der Waals surface area contributed by atoms with Gasteiger partial charge >= 0.3 is 0 Å². The van der Waals surface area contributed by atoms with Crippen LogP contribution in [-0.2, 0) is 0 Å². The normalized spacial score (nSPS) is 12.3. The lowest BCUT2D eigenvalue weighted by molar-refractivity contribution is 0.101. The lowest BCUT2D eigenvalue weighted by atomic mass is 10.1. The van der Waals surface area contributed by atoms with Gasteiger partial charge in [0.1, 0.15) is 0 Å². The largest absolute Gasteiger partial charge is 0.374 e. The molecular formula is C14H20ClNO. The van der Waals surface area contributed by atoms with Gasteiger partial charge in [0.05, 0.1) is 5.02 Å². The van der Waals surface area contributed by atoms with Gasteiger partial charge in [0.15, 0.2) is 5.78 Å². The summed E-state index contributed by atoms with van der Waals surface area (Å²) in [6.07, 6.45) is 1.16. The number of nitrogens with zero attached hydrogens (tertiary/aromatic N) is 1. The number of benzene rings is 1. The first-order valence-electron chi connectivity index (χ1n) is 5.97. The van der Waals surface area contributed by atoms with Gasteiger partial charge in [0.2, 0.25) is 0 Å². The number of Topliss-reactive ketones (excluding diaryl/α,β-unsaturated/α-hetero) is 1. The Labute approximate surface area is 109 Å². The van der Waals surface area contributed by atoms with E-state index in [1.54, 1.807) is 6.07 Å². The summed E-state index contributed by atoms with van der Waals surface area (Å²) in [5.41, 5.74) is 1.65. The highest BCUT2D eigenvalue weighted by Gasteiger charge is 2.10. The first kappa shape index (κ1) is 14.0. The Kier molecular flexibility index (Phi) is 5.01. The van der Waals surface area contributed by atoms with E-state index in [1.165, 1.54) is 6.92 Å². The molecule has 0 heterocycles. The van der Waals surface area contributed by atoms with Crippen LogP contribution in [0.5, 0.6) is 0 Å². The summed E-state index contributed by atoms with van der Waals surface area (Å²) in [7, 11) is 2.05. The number of carbonyl (C=O) groups is 1. The molecule has 0 bridgehead atoms. The second-order valence-electron chi connectivity index (χ2n) is 4.61. The van der Waals surface area contributed by atoms with Gasteiger partial charge in [0.25, 0.3) is 0 Å². The minimum atomic E-state index is 0.00568. The molecule has 0 aliphatic carbocycles. The third kappa shape index (κ3) is 3.74. The van der Waals surface area contributed by atoms with Crippen LogP contribution in [0.4, 0.5) is 5.69 Å². The first-order chi connectivity index (χ1) is 7.95. The molecule has 0 aromatic heterocycles. The van der Waals surface area contributed by atoms with E-state index in [4.69, 9.17) is 11.6 Å². The maximum Gasteiger partial charge on any atom is 0.161 e. The van der Waals surface area contributed by atoms with Crippen molar-refractivity contribution in [3.63, 3.8) is 0 Å². The highest BCUT2D eigenvalue weighted by Crippen LogP contribution is 2.24. The van der Waals surface area contributed by atoms with Crippen molar-refractivity contribution in [3.8, 4) is 0 Å². The first-order valence-corrected chi connectivity index (χ1v) is 6.35. The molecule has 0 saturated carbocycles. The molecule has 17 heavy (non-hydrogen) atoms. The zero-order valence-electron chi connectivity index (χ0n) is 11.0. The lowest BCUT2D eigenvalue weighted by Crippen LogP contribution is -2.23. The zero-order valence-corrected chi connectivity index (χ0v) is 11.7. The van der Waals surface area contributed by atoms with Gasteiger partial charge in [-0.15, -0.1) is 0 Å². The Morgan fingerprint density at radius 1 is 1.47 bits per heavy atom. The molecule has 1 atom stereocenters. The van der Waals surface area contributed by atoms with Crippen molar-refractivity contribution >= 4 is 23.1 Å². The second-order valence-corrected chi connectivity index (χ2v) is 5.02. The maximum absolute atomic E-state index is 11.3. The summed E-state index contributed by atoms with van der Waals surface area (Å²) < 4.78 is 0. The number of ketones is 1. The molecule has 0 N–H and O–H groups in total. The molecule has 1 unspecified atom stereocenters. The fourth-order valence-electron chi connectivity index (χ4n) is 1.73. The van der Waals surface area contributed by atoms with Crippen molar-refractivity contribution in [2.24, 2.45) is 5.92 Å². The predicted molar refractivity (Wildman–Crippen MR) is 74.2 cm³/mol. The van der Waals surface area contributed by atoms with E-state index in [0.29, 0.717) is 16.5 Å². The van der Waals surface area contributed by atoms with Gasteiger partial charge in [-0.2, -0.15) is 0 Å². The monoisotopic (exact) mass is 253 g/mol. The average molecular weight is 254 g/mol. The molecule has 0 spiro atoms. The Bertz CT molecular complexity index is 403. The number of hydrogen-bond donors (Lipinski definition) is 0. The summed E-state index contributed by atoms with van der Waals surface area (Å²) in [6, 6.07) is 5.61. The third-order valence-corrected chi connectivity index (χ3v) is 3.37. The van der Waals surface area contributed by atoms with E-state index in [-0.39, 0.29) is 5.78 Å². The molecule has 0 fully saturated rings. The van der Waals surface area contributed by atoms with Gasteiger partial charge in [-0.25, -0.2) is 0 Å². The van der Waals surface area contributed by atoms with Gasteiger partial charge in [-0.3, -0.25) is 4.79 Å². The molecule has 94 valence electrons. The zero-order chi connectivity index (χ0) is 13.0. The maximum atomic E-state index is 11.3. The summed E-state index contributed by atoms with van der Waals surface area (Å²) >= 11 is 6.09. The topological polar surface area (TPSA) is 20.3 Å². The van der Waals surface area contributed by atoms with Crippen LogP contribution in [0.15, 0.2) is 18.2 Å². The SMILES string of the molecule is CCC(C)CN(C)c1ccc(C(C)=O)c(Cl)c1. The highest BCUT2D eigenvalue weighted by molar-refractivity contribution is 6.34. The molecule has 0 radical (unpaired) electrons. The van der Waals surface area contributed by atoms with Crippen molar-refractivity contribution < 1.29 is 4.79 Å². The summed E-state index contributed by atoms with van der Waals surface area (Å²) in [5, 5.41) is 0.533. The molecule has 0 aliphatic heterocycles. The molecule has 0 amide bonds. The summed E-state index contributed by atoms with van der Waals surface area (Å²) in [5.74, 6) is 0.650. The van der Waals surface area contributed by atoms with Crippen LogP contribution in [-0.4, -0.2) is 19.4 Å². The fourth-order valence-corrected chi connectivity index (χ4v) is 2.04. The van der Waals surface area contributed by atoms with Crippen molar-refractivity contribution in [1.82, 2.24) is 0 Å². The number of halogens is 1. The van der Waals surface area contributed by atoms with E-state index in [1.807, 2.05) is 19.2 Å². The van der Waals surface area contributed by atoms with Crippen molar-refractivity contribution in [1.29, 1.82) is 0 Å². The van der Waals surface area contributed by atoms with Crippen LogP contribution >= 0.6 is 11.6 Å². The molecule has 3 heteroatoms. The van der Waals surface area contributed by atoms with Gasteiger partial charge in [-0.1, -0.05) is 31.9 Å². The summed E-state index contributed by atoms with van der Waals surface area (Å²) in [4.78, 5) is 13.4. The van der Waals surface area contributed by atoms with Gasteiger partial charge < -0.3 is 4.90 Å². The van der Waals surface area contributed by atoms with Crippen LogP contribution in [0.3, 0.4) is 0 Å². The minimum absolute atomic E-state index is 0.00568. The fraction of sp³-hybridized carbons (Fsp3) is 0.500. The number of hydrogen-bond acceptors (Lipinski definition) is 2. The van der Waals surface area contributed by atoms with Crippen LogP contribution in [0.2, 0.25) is 5.02 Å². The standard InChI is InChI=1S/C14H20ClNO/c1-5-10(2)9-16(4)12-6-7-13(11(3)17)14(15)8-12/h6-8,10H,5,9H2,1-4H3. The molecule has 2 nitrogen and oxygen atoms in total. The molecule has 1 rings (SSSR count). The molecule has 0 saturated heterocycles. The number of carbonyl (C=O) groups excluding carboxylic acids is 1. The highest BCUT2D eigenvalue weighted by atomic mass is 35.5. The van der Waals surface area contributed by atoms with Crippen molar-refractivity contribution in [2.45, 2.75) is 27.2 Å². The van der Waals surface area contributed by atoms with Crippen LogP contribution in [0.25, 0.3) is 0 Å². The second kappa shape index (κ2) is 6.06. The van der Waals surface area contributed by atoms with Crippen molar-refractivity contribution in [2.75, 3.05) is 18.5 Å². The van der Waals surface area contributed by atoms with Crippen molar-refractivity contribution in [3.05, 3.63) is 28.8 Å². The average Bonchev–Trinajstić information content (AvgIpc) is 2.28. The molecule has 1 aromatic rings. The smallest absolute Gasteiger partial charge is 0.161 e. The Hall–Kier alpha value is -1.02. The molecule has 1 aromatic carbocycles. The summed E-state index contributed by atoms with van der Waals surface area (Å²) in [6.45, 7) is 6.93.